The minimum absolute atomic E-state index is 0.00895. The van der Waals surface area contributed by atoms with Gasteiger partial charge in [-0.1, -0.05) is 42.5 Å². The van der Waals surface area contributed by atoms with Crippen LogP contribution < -0.4 is 0 Å². The Morgan fingerprint density at radius 2 is 1.70 bits per heavy atom. The molecule has 3 nitrogen and oxygen atoms in total. The van der Waals surface area contributed by atoms with Gasteiger partial charge in [-0.2, -0.15) is 13.2 Å². The topological polar surface area (TPSA) is 23.6 Å². The third-order valence-electron chi connectivity index (χ3n) is 6.31. The van der Waals surface area contributed by atoms with Crippen LogP contribution in [0.25, 0.3) is 6.08 Å². The van der Waals surface area contributed by atoms with E-state index < -0.39 is 11.7 Å². The lowest BCUT2D eigenvalue weighted by Gasteiger charge is -2.47. The number of likely N-dealkylation sites (tertiary alicyclic amines) is 1. The number of benzene rings is 2. The van der Waals surface area contributed by atoms with E-state index in [9.17, 15) is 18.0 Å². The van der Waals surface area contributed by atoms with Crippen molar-refractivity contribution >= 4 is 12.0 Å². The minimum Gasteiger partial charge on any atom is -0.339 e. The Bertz CT molecular complexity index is 959. The van der Waals surface area contributed by atoms with E-state index in [4.69, 9.17) is 0 Å². The molecule has 0 aromatic heterocycles. The summed E-state index contributed by atoms with van der Waals surface area (Å²) < 4.78 is 39.4. The molecular formula is C24H25F3N2O. The average Bonchev–Trinajstić information content (AvgIpc) is 2.72. The number of amides is 1. The van der Waals surface area contributed by atoms with Gasteiger partial charge in [0.15, 0.2) is 0 Å². The number of halogens is 3. The molecule has 0 unspecified atom stereocenters. The highest BCUT2D eigenvalue weighted by atomic mass is 19.4. The van der Waals surface area contributed by atoms with Crippen LogP contribution >= 0.6 is 0 Å². The van der Waals surface area contributed by atoms with E-state index in [1.807, 2.05) is 0 Å². The molecular weight excluding hydrogens is 389 g/mol. The van der Waals surface area contributed by atoms with Crippen LogP contribution in [-0.4, -0.2) is 42.4 Å². The van der Waals surface area contributed by atoms with Crippen LogP contribution in [0.1, 0.15) is 35.1 Å². The van der Waals surface area contributed by atoms with Crippen LogP contribution in [0, 0.1) is 0 Å². The van der Waals surface area contributed by atoms with E-state index in [2.05, 4.69) is 36.2 Å². The zero-order valence-electron chi connectivity index (χ0n) is 17.0. The second-order valence-electron chi connectivity index (χ2n) is 8.35. The minimum atomic E-state index is -4.44. The summed E-state index contributed by atoms with van der Waals surface area (Å²) in [5.41, 5.74) is 2.04. The molecule has 0 saturated carbocycles. The zero-order chi connectivity index (χ0) is 21.4. The first-order chi connectivity index (χ1) is 14.3. The molecule has 0 atom stereocenters. The summed E-state index contributed by atoms with van der Waals surface area (Å²) in [6, 6.07) is 13.8. The van der Waals surface area contributed by atoms with Gasteiger partial charge in [0, 0.05) is 37.7 Å². The van der Waals surface area contributed by atoms with Crippen molar-refractivity contribution in [1.29, 1.82) is 0 Å². The van der Waals surface area contributed by atoms with Gasteiger partial charge in [-0.25, -0.2) is 0 Å². The lowest BCUT2D eigenvalue weighted by molar-refractivity contribution is -0.137. The molecule has 1 spiro atoms. The van der Waals surface area contributed by atoms with Gasteiger partial charge in [0.1, 0.15) is 0 Å². The quantitative estimate of drug-likeness (QED) is 0.664. The summed E-state index contributed by atoms with van der Waals surface area (Å²) in [5.74, 6) is -0.237. The van der Waals surface area contributed by atoms with Gasteiger partial charge >= 0.3 is 6.18 Å². The van der Waals surface area contributed by atoms with Crippen molar-refractivity contribution in [1.82, 2.24) is 9.80 Å². The summed E-state index contributed by atoms with van der Waals surface area (Å²) in [6.45, 7) is 3.10. The molecule has 0 radical (unpaired) electrons. The highest BCUT2D eigenvalue weighted by Gasteiger charge is 2.41. The highest BCUT2D eigenvalue weighted by Crippen LogP contribution is 2.41. The number of piperidine rings is 1. The maximum absolute atomic E-state index is 13.1. The fourth-order valence-electron chi connectivity index (χ4n) is 4.87. The number of fused-ring (bicyclic) bond motifs is 2. The first kappa shape index (κ1) is 20.7. The summed E-state index contributed by atoms with van der Waals surface area (Å²) >= 11 is 0. The van der Waals surface area contributed by atoms with Crippen molar-refractivity contribution in [3.8, 4) is 0 Å². The Hall–Kier alpha value is -2.60. The van der Waals surface area contributed by atoms with Crippen LogP contribution in [0.3, 0.4) is 0 Å². The lowest BCUT2D eigenvalue weighted by atomic mass is 9.69. The number of carbonyl (C=O) groups excluding carboxylic acids is 1. The summed E-state index contributed by atoms with van der Waals surface area (Å²) in [7, 11) is 2.12. The molecule has 1 fully saturated rings. The molecule has 6 heteroatoms. The Kier molecular flexibility index (Phi) is 5.45. The van der Waals surface area contributed by atoms with E-state index >= 15 is 0 Å². The lowest BCUT2D eigenvalue weighted by Crippen LogP contribution is -2.51. The smallest absolute Gasteiger partial charge is 0.339 e. The summed E-state index contributed by atoms with van der Waals surface area (Å²) in [4.78, 5) is 16.7. The molecule has 1 amide bonds. The van der Waals surface area contributed by atoms with Gasteiger partial charge < -0.3 is 9.80 Å². The predicted octanol–water partition coefficient (Wildman–Crippen LogP) is 4.72. The molecule has 2 aliphatic heterocycles. The number of hydrogen-bond donors (Lipinski definition) is 0. The maximum Gasteiger partial charge on any atom is 0.416 e. The standard InChI is InChI=1S/C24H25F3N2O/c1-28-16-19-7-3-4-8-20(19)23(17-28)12-14-29(15-13-23)22(30)11-10-18-6-2-5-9-21(18)24(25,26)27/h2-11H,12-17H2,1H3/b11-10+. The van der Waals surface area contributed by atoms with Gasteiger partial charge in [-0.3, -0.25) is 4.79 Å². The predicted molar refractivity (Wildman–Crippen MR) is 111 cm³/mol. The molecule has 0 aliphatic carbocycles. The Morgan fingerprint density at radius 3 is 2.43 bits per heavy atom. The Morgan fingerprint density at radius 1 is 1.03 bits per heavy atom. The first-order valence-corrected chi connectivity index (χ1v) is 10.2. The number of likely N-dealkylation sites (N-methyl/N-ethyl adjacent to an activating group) is 1. The maximum atomic E-state index is 13.1. The molecule has 30 heavy (non-hydrogen) atoms. The van der Waals surface area contributed by atoms with E-state index in [0.717, 1.165) is 32.0 Å². The first-order valence-electron chi connectivity index (χ1n) is 10.2. The van der Waals surface area contributed by atoms with Crippen molar-refractivity contribution in [3.63, 3.8) is 0 Å². The molecule has 2 aromatic rings. The molecule has 158 valence electrons. The van der Waals surface area contributed by atoms with Gasteiger partial charge in [0.05, 0.1) is 5.56 Å². The fourth-order valence-corrected chi connectivity index (χ4v) is 4.87. The monoisotopic (exact) mass is 414 g/mol. The van der Waals surface area contributed by atoms with E-state index in [-0.39, 0.29) is 16.9 Å². The van der Waals surface area contributed by atoms with Gasteiger partial charge in [0.2, 0.25) is 5.91 Å². The van der Waals surface area contributed by atoms with E-state index in [1.165, 1.54) is 35.4 Å². The SMILES string of the molecule is CN1Cc2ccccc2C2(CCN(C(=O)/C=C/c3ccccc3C(F)(F)F)CC2)C1. The van der Waals surface area contributed by atoms with Crippen LogP contribution in [0.5, 0.6) is 0 Å². The highest BCUT2D eigenvalue weighted by molar-refractivity contribution is 5.92. The van der Waals surface area contributed by atoms with Crippen LogP contribution in [0.4, 0.5) is 13.2 Å². The van der Waals surface area contributed by atoms with E-state index in [1.54, 1.807) is 11.0 Å². The van der Waals surface area contributed by atoms with Crippen molar-refractivity contribution in [2.24, 2.45) is 0 Å². The van der Waals surface area contributed by atoms with E-state index in [0.29, 0.717) is 13.1 Å². The van der Waals surface area contributed by atoms with Gasteiger partial charge in [0.25, 0.3) is 0 Å². The van der Waals surface area contributed by atoms with Crippen LogP contribution in [0.2, 0.25) is 0 Å². The normalized spacial score (nSPS) is 19.3. The van der Waals surface area contributed by atoms with Crippen LogP contribution in [0.15, 0.2) is 54.6 Å². The average molecular weight is 414 g/mol. The number of carbonyl (C=O) groups is 1. The molecule has 0 bridgehead atoms. The summed E-state index contributed by atoms with van der Waals surface area (Å²) in [5, 5.41) is 0. The zero-order valence-corrected chi connectivity index (χ0v) is 17.0. The summed E-state index contributed by atoms with van der Waals surface area (Å²) in [6.07, 6.45) is -0.190. The Balaban J connectivity index is 1.47. The number of rotatable bonds is 2. The second-order valence-corrected chi connectivity index (χ2v) is 8.35. The molecule has 2 aliphatic rings. The molecule has 4 rings (SSSR count). The number of nitrogens with zero attached hydrogens (tertiary/aromatic N) is 2. The van der Waals surface area contributed by atoms with Crippen molar-refractivity contribution in [2.75, 3.05) is 26.7 Å². The molecule has 1 saturated heterocycles. The third-order valence-corrected chi connectivity index (χ3v) is 6.31. The van der Waals surface area contributed by atoms with Crippen LogP contribution in [-0.2, 0) is 22.9 Å². The van der Waals surface area contributed by atoms with Gasteiger partial charge in [-0.15, -0.1) is 0 Å². The number of alkyl halides is 3. The third kappa shape index (κ3) is 4.01. The number of hydrogen-bond acceptors (Lipinski definition) is 2. The molecule has 0 N–H and O–H groups in total. The Labute approximate surface area is 174 Å². The van der Waals surface area contributed by atoms with Crippen molar-refractivity contribution < 1.29 is 18.0 Å². The molecule has 2 heterocycles. The molecule has 2 aromatic carbocycles. The van der Waals surface area contributed by atoms with Crippen molar-refractivity contribution in [3.05, 3.63) is 76.9 Å². The van der Waals surface area contributed by atoms with Crippen molar-refractivity contribution in [2.45, 2.75) is 31.0 Å². The second kappa shape index (κ2) is 7.91. The van der Waals surface area contributed by atoms with Gasteiger partial charge in [-0.05, 0) is 48.7 Å². The largest absolute Gasteiger partial charge is 0.416 e. The fraction of sp³-hybridized carbons (Fsp3) is 0.375.